The van der Waals surface area contributed by atoms with Gasteiger partial charge < -0.3 is 11.1 Å². The second-order valence-corrected chi connectivity index (χ2v) is 5.10. The molecule has 0 saturated heterocycles. The fourth-order valence-corrected chi connectivity index (χ4v) is 2.47. The first-order valence-electron chi connectivity index (χ1n) is 6.48. The summed E-state index contributed by atoms with van der Waals surface area (Å²) in [6.07, 6.45) is 0.970. The Bertz CT molecular complexity index is 420. The van der Waals surface area contributed by atoms with Crippen molar-refractivity contribution in [3.63, 3.8) is 0 Å². The molecule has 2 unspecified atom stereocenters. The molecular weight excluding hydrogens is 255 g/mol. The molecule has 1 aliphatic rings. The van der Waals surface area contributed by atoms with Crippen LogP contribution in [0.5, 0.6) is 0 Å². The highest BCUT2D eigenvalue weighted by atomic mass is 19.4. The van der Waals surface area contributed by atoms with E-state index in [-0.39, 0.29) is 11.9 Å². The second kappa shape index (κ2) is 5.77. The van der Waals surface area contributed by atoms with Crippen molar-refractivity contribution >= 4 is 5.82 Å². The third-order valence-electron chi connectivity index (χ3n) is 3.48. The van der Waals surface area contributed by atoms with Gasteiger partial charge in [-0.25, -0.2) is 4.98 Å². The van der Waals surface area contributed by atoms with Crippen molar-refractivity contribution in [2.75, 3.05) is 11.9 Å². The Morgan fingerprint density at radius 3 is 2.84 bits per heavy atom. The van der Waals surface area contributed by atoms with Gasteiger partial charge in [0.15, 0.2) is 0 Å². The number of hydrogen-bond acceptors (Lipinski definition) is 3. The fourth-order valence-electron chi connectivity index (χ4n) is 2.47. The number of alkyl halides is 3. The molecule has 3 N–H and O–H groups in total. The van der Waals surface area contributed by atoms with Gasteiger partial charge in [0.25, 0.3) is 0 Å². The van der Waals surface area contributed by atoms with Gasteiger partial charge in [-0.2, -0.15) is 13.2 Å². The fraction of sp³-hybridized carbons (Fsp3) is 0.615. The van der Waals surface area contributed by atoms with Gasteiger partial charge in [-0.15, -0.1) is 0 Å². The highest BCUT2D eigenvalue weighted by Crippen LogP contribution is 2.30. The van der Waals surface area contributed by atoms with E-state index in [1.54, 1.807) is 0 Å². The summed E-state index contributed by atoms with van der Waals surface area (Å²) in [5, 5.41) is 2.98. The van der Waals surface area contributed by atoms with Gasteiger partial charge in [-0.1, -0.05) is 6.42 Å². The maximum absolute atomic E-state index is 12.5. The van der Waals surface area contributed by atoms with Crippen LogP contribution in [-0.4, -0.2) is 17.6 Å². The summed E-state index contributed by atoms with van der Waals surface area (Å²) in [6.45, 7) is 0.627. The van der Waals surface area contributed by atoms with E-state index in [9.17, 15) is 13.2 Å². The number of nitrogens with two attached hydrogens (primary N) is 1. The number of rotatable bonds is 3. The van der Waals surface area contributed by atoms with Gasteiger partial charge in [0, 0.05) is 18.8 Å². The summed E-state index contributed by atoms with van der Waals surface area (Å²) in [5.74, 6) is 0.689. The third-order valence-corrected chi connectivity index (χ3v) is 3.48. The van der Waals surface area contributed by atoms with Gasteiger partial charge in [-0.05, 0) is 37.3 Å². The smallest absolute Gasteiger partial charge is 0.370 e. The minimum absolute atomic E-state index is 0.218. The summed E-state index contributed by atoms with van der Waals surface area (Å²) < 4.78 is 37.6. The van der Waals surface area contributed by atoms with E-state index < -0.39 is 11.7 Å². The van der Waals surface area contributed by atoms with Gasteiger partial charge in [0.1, 0.15) is 5.82 Å². The van der Waals surface area contributed by atoms with Crippen molar-refractivity contribution in [2.24, 2.45) is 11.7 Å². The normalized spacial score (nSPS) is 24.2. The van der Waals surface area contributed by atoms with Gasteiger partial charge in [0.2, 0.25) is 0 Å². The number of anilines is 1. The molecule has 0 spiro atoms. The first kappa shape index (κ1) is 14.1. The Morgan fingerprint density at radius 1 is 1.37 bits per heavy atom. The van der Waals surface area contributed by atoms with Crippen LogP contribution in [0.3, 0.4) is 0 Å². The van der Waals surface area contributed by atoms with Crippen molar-refractivity contribution in [1.82, 2.24) is 4.98 Å². The Balaban J connectivity index is 1.92. The van der Waals surface area contributed by atoms with E-state index >= 15 is 0 Å². The van der Waals surface area contributed by atoms with Crippen LogP contribution in [0, 0.1) is 5.92 Å². The highest BCUT2D eigenvalue weighted by Gasteiger charge is 2.30. The second-order valence-electron chi connectivity index (χ2n) is 5.10. The molecule has 1 saturated carbocycles. The standard InChI is InChI=1S/C13H18F3N3/c14-13(15,16)10-4-5-18-12(7-10)19-8-9-2-1-3-11(17)6-9/h4-5,7,9,11H,1-3,6,8,17H2,(H,18,19). The first-order chi connectivity index (χ1) is 8.95. The molecule has 1 fully saturated rings. The molecule has 0 aliphatic heterocycles. The summed E-state index contributed by atoms with van der Waals surface area (Å²) in [6, 6.07) is 2.24. The zero-order valence-electron chi connectivity index (χ0n) is 10.6. The van der Waals surface area contributed by atoms with Crippen molar-refractivity contribution < 1.29 is 13.2 Å². The molecule has 3 nitrogen and oxygen atoms in total. The Labute approximate surface area is 110 Å². The molecule has 1 aromatic rings. The van der Waals surface area contributed by atoms with Crippen LogP contribution >= 0.6 is 0 Å². The number of nitrogens with zero attached hydrogens (tertiary/aromatic N) is 1. The monoisotopic (exact) mass is 273 g/mol. The maximum Gasteiger partial charge on any atom is 0.416 e. The molecule has 19 heavy (non-hydrogen) atoms. The van der Waals surface area contributed by atoms with Crippen molar-refractivity contribution in [3.05, 3.63) is 23.9 Å². The van der Waals surface area contributed by atoms with Gasteiger partial charge in [0.05, 0.1) is 5.56 Å². The molecular formula is C13H18F3N3. The van der Waals surface area contributed by atoms with E-state index in [0.29, 0.717) is 12.5 Å². The summed E-state index contributed by atoms with van der Waals surface area (Å²) in [5.41, 5.74) is 5.21. The zero-order valence-corrected chi connectivity index (χ0v) is 10.6. The lowest BCUT2D eigenvalue weighted by Gasteiger charge is -2.26. The molecule has 1 aromatic heterocycles. The largest absolute Gasteiger partial charge is 0.416 e. The molecule has 106 valence electrons. The summed E-state index contributed by atoms with van der Waals surface area (Å²) in [4.78, 5) is 3.91. The van der Waals surface area contributed by atoms with Gasteiger partial charge in [-0.3, -0.25) is 0 Å². The average molecular weight is 273 g/mol. The van der Waals surface area contributed by atoms with Crippen LogP contribution in [0.4, 0.5) is 19.0 Å². The van der Waals surface area contributed by atoms with Crippen LogP contribution in [-0.2, 0) is 6.18 Å². The SMILES string of the molecule is NC1CCCC(CNc2cc(C(F)(F)F)ccn2)C1. The van der Waals surface area contributed by atoms with Crippen LogP contribution in [0.2, 0.25) is 0 Å². The van der Waals surface area contributed by atoms with Crippen LogP contribution < -0.4 is 11.1 Å². The average Bonchev–Trinajstić information content (AvgIpc) is 2.36. The quantitative estimate of drug-likeness (QED) is 0.890. The molecule has 6 heteroatoms. The molecule has 1 heterocycles. The van der Waals surface area contributed by atoms with E-state index in [4.69, 9.17) is 5.73 Å². The zero-order chi connectivity index (χ0) is 13.9. The lowest BCUT2D eigenvalue weighted by Crippen LogP contribution is -2.31. The van der Waals surface area contributed by atoms with Crippen LogP contribution in [0.1, 0.15) is 31.2 Å². The third kappa shape index (κ3) is 4.09. The topological polar surface area (TPSA) is 50.9 Å². The number of pyridine rings is 1. The number of nitrogens with one attached hydrogen (secondary N) is 1. The molecule has 0 bridgehead atoms. The number of hydrogen-bond donors (Lipinski definition) is 2. The van der Waals surface area contributed by atoms with Crippen molar-refractivity contribution in [1.29, 1.82) is 0 Å². The van der Waals surface area contributed by atoms with E-state index in [1.807, 2.05) is 0 Å². The Morgan fingerprint density at radius 2 is 2.16 bits per heavy atom. The summed E-state index contributed by atoms with van der Waals surface area (Å²) in [7, 11) is 0. The predicted molar refractivity (Wildman–Crippen MR) is 67.7 cm³/mol. The molecule has 0 amide bonds. The first-order valence-corrected chi connectivity index (χ1v) is 6.48. The molecule has 2 rings (SSSR count). The van der Waals surface area contributed by atoms with E-state index in [0.717, 1.165) is 37.8 Å². The minimum atomic E-state index is -4.33. The predicted octanol–water partition coefficient (Wildman–Crippen LogP) is 3.03. The van der Waals surface area contributed by atoms with E-state index in [2.05, 4.69) is 10.3 Å². The van der Waals surface area contributed by atoms with Gasteiger partial charge >= 0.3 is 6.18 Å². The lowest BCUT2D eigenvalue weighted by molar-refractivity contribution is -0.137. The summed E-state index contributed by atoms with van der Waals surface area (Å²) >= 11 is 0. The maximum atomic E-state index is 12.5. The van der Waals surface area contributed by atoms with Crippen LogP contribution in [0.15, 0.2) is 18.3 Å². The Hall–Kier alpha value is -1.30. The lowest BCUT2D eigenvalue weighted by atomic mass is 9.86. The molecule has 0 radical (unpaired) electrons. The number of halogens is 3. The Kier molecular flexibility index (Phi) is 4.29. The van der Waals surface area contributed by atoms with Crippen molar-refractivity contribution in [3.8, 4) is 0 Å². The highest BCUT2D eigenvalue weighted by molar-refractivity contribution is 5.38. The molecule has 1 aliphatic carbocycles. The van der Waals surface area contributed by atoms with Crippen molar-refractivity contribution in [2.45, 2.75) is 37.9 Å². The molecule has 0 aromatic carbocycles. The van der Waals surface area contributed by atoms with E-state index in [1.165, 1.54) is 6.20 Å². The van der Waals surface area contributed by atoms with Crippen LogP contribution in [0.25, 0.3) is 0 Å². The number of aromatic nitrogens is 1. The minimum Gasteiger partial charge on any atom is -0.370 e. The molecule has 2 atom stereocenters.